The summed E-state index contributed by atoms with van der Waals surface area (Å²) in [7, 11) is 1.73. The third-order valence-corrected chi connectivity index (χ3v) is 5.32. The summed E-state index contributed by atoms with van der Waals surface area (Å²) >= 11 is 0. The van der Waals surface area contributed by atoms with Gasteiger partial charge in [-0.25, -0.2) is 0 Å². The maximum atomic E-state index is 6.15. The molecule has 0 aromatic heterocycles. The fourth-order valence-electron chi connectivity index (χ4n) is 3.77. The predicted octanol–water partition coefficient (Wildman–Crippen LogP) is 4.85. The summed E-state index contributed by atoms with van der Waals surface area (Å²) in [6.45, 7) is 3.69. The Morgan fingerprint density at radius 2 is 1.65 bits per heavy atom. The van der Waals surface area contributed by atoms with Gasteiger partial charge in [-0.2, -0.15) is 0 Å². The molecule has 1 saturated heterocycles. The van der Waals surface area contributed by atoms with Gasteiger partial charge in [0, 0.05) is 20.1 Å². The SMILES string of the molecule is CO[C@@H]1C[C@H]([C@@H](C)COCc2ccccc2)[C@@H](CCc2ccccc2)O1. The molecular weight excluding hydrogens is 324 g/mol. The van der Waals surface area contributed by atoms with Crippen molar-refractivity contribution in [3.8, 4) is 0 Å². The Morgan fingerprint density at radius 3 is 2.31 bits per heavy atom. The molecule has 1 aliphatic heterocycles. The minimum atomic E-state index is -0.0858. The molecule has 26 heavy (non-hydrogen) atoms. The summed E-state index contributed by atoms with van der Waals surface area (Å²) in [5.41, 5.74) is 2.58. The van der Waals surface area contributed by atoms with Crippen LogP contribution in [-0.2, 0) is 27.2 Å². The quantitative estimate of drug-likeness (QED) is 0.644. The molecule has 1 aliphatic rings. The third kappa shape index (κ3) is 5.41. The van der Waals surface area contributed by atoms with E-state index in [1.807, 2.05) is 6.07 Å². The van der Waals surface area contributed by atoms with Gasteiger partial charge in [0.15, 0.2) is 6.29 Å². The Bertz CT molecular complexity index is 628. The van der Waals surface area contributed by atoms with E-state index in [2.05, 4.69) is 61.5 Å². The summed E-state index contributed by atoms with van der Waals surface area (Å²) < 4.78 is 17.6. The van der Waals surface area contributed by atoms with Gasteiger partial charge in [-0.15, -0.1) is 0 Å². The molecule has 0 amide bonds. The zero-order valence-electron chi connectivity index (χ0n) is 15.8. The maximum Gasteiger partial charge on any atom is 0.157 e. The van der Waals surface area contributed by atoms with Crippen molar-refractivity contribution in [1.82, 2.24) is 0 Å². The molecule has 1 heterocycles. The summed E-state index contributed by atoms with van der Waals surface area (Å²) in [4.78, 5) is 0. The van der Waals surface area contributed by atoms with E-state index in [1.54, 1.807) is 7.11 Å². The lowest BCUT2D eigenvalue weighted by molar-refractivity contribution is -0.118. The van der Waals surface area contributed by atoms with Crippen LogP contribution in [0.2, 0.25) is 0 Å². The van der Waals surface area contributed by atoms with Crippen molar-refractivity contribution in [3.63, 3.8) is 0 Å². The lowest BCUT2D eigenvalue weighted by atomic mass is 9.86. The van der Waals surface area contributed by atoms with Crippen LogP contribution in [0.3, 0.4) is 0 Å². The smallest absolute Gasteiger partial charge is 0.157 e. The normalized spacial score (nSPS) is 23.8. The Labute approximate surface area is 157 Å². The van der Waals surface area contributed by atoms with E-state index in [-0.39, 0.29) is 12.4 Å². The molecule has 0 N–H and O–H groups in total. The molecule has 4 atom stereocenters. The first-order chi connectivity index (χ1) is 12.8. The number of methoxy groups -OCH3 is 1. The van der Waals surface area contributed by atoms with Crippen molar-refractivity contribution < 1.29 is 14.2 Å². The monoisotopic (exact) mass is 354 g/mol. The van der Waals surface area contributed by atoms with Crippen LogP contribution in [0.25, 0.3) is 0 Å². The number of rotatable bonds is 9. The van der Waals surface area contributed by atoms with Gasteiger partial charge < -0.3 is 14.2 Å². The van der Waals surface area contributed by atoms with E-state index in [4.69, 9.17) is 14.2 Å². The lowest BCUT2D eigenvalue weighted by Crippen LogP contribution is -2.26. The van der Waals surface area contributed by atoms with Crippen LogP contribution in [0.1, 0.15) is 30.9 Å². The molecule has 0 spiro atoms. The number of benzene rings is 2. The van der Waals surface area contributed by atoms with Crippen molar-refractivity contribution in [1.29, 1.82) is 0 Å². The van der Waals surface area contributed by atoms with Gasteiger partial charge in [-0.05, 0) is 35.8 Å². The molecule has 3 nitrogen and oxygen atoms in total. The number of aryl methyl sites for hydroxylation is 1. The average Bonchev–Trinajstić information content (AvgIpc) is 3.11. The highest BCUT2D eigenvalue weighted by molar-refractivity contribution is 5.15. The molecule has 2 aromatic carbocycles. The van der Waals surface area contributed by atoms with Gasteiger partial charge in [0.25, 0.3) is 0 Å². The molecule has 1 fully saturated rings. The van der Waals surface area contributed by atoms with Gasteiger partial charge in [0.1, 0.15) is 0 Å². The minimum absolute atomic E-state index is 0.0858. The van der Waals surface area contributed by atoms with Crippen molar-refractivity contribution in [2.45, 2.75) is 45.2 Å². The number of hydrogen-bond donors (Lipinski definition) is 0. The predicted molar refractivity (Wildman–Crippen MR) is 104 cm³/mol. The Hall–Kier alpha value is -1.68. The molecule has 0 unspecified atom stereocenters. The highest BCUT2D eigenvalue weighted by Crippen LogP contribution is 2.35. The molecule has 3 rings (SSSR count). The summed E-state index contributed by atoms with van der Waals surface area (Å²) in [5.74, 6) is 0.916. The first-order valence-electron chi connectivity index (χ1n) is 9.60. The first-order valence-corrected chi connectivity index (χ1v) is 9.60. The molecule has 0 aliphatic carbocycles. The number of ether oxygens (including phenoxy) is 3. The molecular formula is C23H30O3. The van der Waals surface area contributed by atoms with E-state index in [0.29, 0.717) is 18.4 Å². The van der Waals surface area contributed by atoms with Gasteiger partial charge in [-0.3, -0.25) is 0 Å². The summed E-state index contributed by atoms with van der Waals surface area (Å²) in [5, 5.41) is 0. The highest BCUT2D eigenvalue weighted by Gasteiger charge is 2.38. The summed E-state index contributed by atoms with van der Waals surface area (Å²) in [6.07, 6.45) is 3.16. The van der Waals surface area contributed by atoms with Crippen LogP contribution in [0, 0.1) is 11.8 Å². The molecule has 0 saturated carbocycles. The molecule has 140 valence electrons. The van der Waals surface area contributed by atoms with Crippen LogP contribution in [0.5, 0.6) is 0 Å². The second-order valence-corrected chi connectivity index (χ2v) is 7.24. The molecule has 0 radical (unpaired) electrons. The zero-order valence-corrected chi connectivity index (χ0v) is 15.8. The van der Waals surface area contributed by atoms with E-state index in [0.717, 1.165) is 25.9 Å². The van der Waals surface area contributed by atoms with E-state index in [9.17, 15) is 0 Å². The second kappa shape index (κ2) is 9.86. The van der Waals surface area contributed by atoms with E-state index in [1.165, 1.54) is 11.1 Å². The standard InChI is InChI=1S/C23H30O3/c1-18(16-25-17-20-11-7-4-8-12-20)21-15-23(24-2)26-22(21)14-13-19-9-5-3-6-10-19/h3-12,18,21-23H,13-17H2,1-2H3/t18-,21+,22+,23-/m0/s1. The second-order valence-electron chi connectivity index (χ2n) is 7.24. The Balaban J connectivity index is 1.51. The van der Waals surface area contributed by atoms with Crippen LogP contribution in [0.4, 0.5) is 0 Å². The molecule has 3 heteroatoms. The Kier molecular flexibility index (Phi) is 7.24. The fourth-order valence-corrected chi connectivity index (χ4v) is 3.77. The number of hydrogen-bond acceptors (Lipinski definition) is 3. The van der Waals surface area contributed by atoms with Crippen LogP contribution < -0.4 is 0 Å². The third-order valence-electron chi connectivity index (χ3n) is 5.32. The van der Waals surface area contributed by atoms with Crippen molar-refractivity contribution in [3.05, 3.63) is 71.8 Å². The Morgan fingerprint density at radius 1 is 1.00 bits per heavy atom. The van der Waals surface area contributed by atoms with Gasteiger partial charge in [0.05, 0.1) is 12.7 Å². The molecule has 2 aromatic rings. The van der Waals surface area contributed by atoms with Crippen molar-refractivity contribution >= 4 is 0 Å². The van der Waals surface area contributed by atoms with E-state index < -0.39 is 0 Å². The van der Waals surface area contributed by atoms with Crippen LogP contribution in [0.15, 0.2) is 60.7 Å². The summed E-state index contributed by atoms with van der Waals surface area (Å²) in [6, 6.07) is 21.0. The lowest BCUT2D eigenvalue weighted by Gasteiger charge is -2.24. The van der Waals surface area contributed by atoms with E-state index >= 15 is 0 Å². The van der Waals surface area contributed by atoms with Crippen LogP contribution >= 0.6 is 0 Å². The van der Waals surface area contributed by atoms with Crippen molar-refractivity contribution in [2.75, 3.05) is 13.7 Å². The van der Waals surface area contributed by atoms with Crippen molar-refractivity contribution in [2.24, 2.45) is 11.8 Å². The maximum absolute atomic E-state index is 6.15. The average molecular weight is 354 g/mol. The largest absolute Gasteiger partial charge is 0.376 e. The topological polar surface area (TPSA) is 27.7 Å². The van der Waals surface area contributed by atoms with Crippen LogP contribution in [-0.4, -0.2) is 26.1 Å². The van der Waals surface area contributed by atoms with Gasteiger partial charge in [0.2, 0.25) is 0 Å². The molecule has 0 bridgehead atoms. The van der Waals surface area contributed by atoms with Gasteiger partial charge in [-0.1, -0.05) is 67.6 Å². The highest BCUT2D eigenvalue weighted by atomic mass is 16.7. The first kappa shape index (κ1) is 19.1. The minimum Gasteiger partial charge on any atom is -0.376 e. The van der Waals surface area contributed by atoms with Gasteiger partial charge >= 0.3 is 0 Å². The zero-order chi connectivity index (χ0) is 18.2. The fraction of sp³-hybridized carbons (Fsp3) is 0.478.